The SMILES string of the molecule is CO/N=C(/NC(C)=O)c1ccccc1Oc1ncnc(Oc2cccc(CCl)c2)c1F. The van der Waals surface area contributed by atoms with Crippen molar-refractivity contribution in [3.05, 3.63) is 71.8 Å². The van der Waals surface area contributed by atoms with Gasteiger partial charge in [0.15, 0.2) is 5.84 Å². The maximum Gasteiger partial charge on any atom is 0.263 e. The number of carbonyl (C=O) groups excluding carboxylic acids is 1. The van der Waals surface area contributed by atoms with Crippen LogP contribution in [0, 0.1) is 5.82 Å². The minimum atomic E-state index is -0.904. The third-order valence-electron chi connectivity index (χ3n) is 3.82. The Hall–Kier alpha value is -3.72. The van der Waals surface area contributed by atoms with Crippen molar-refractivity contribution in [1.29, 1.82) is 0 Å². The number of alkyl halides is 1. The third-order valence-corrected chi connectivity index (χ3v) is 4.13. The average Bonchev–Trinajstić information content (AvgIpc) is 2.76. The van der Waals surface area contributed by atoms with Crippen LogP contribution < -0.4 is 14.8 Å². The molecule has 160 valence electrons. The topological polar surface area (TPSA) is 94.9 Å². The largest absolute Gasteiger partial charge is 0.436 e. The summed E-state index contributed by atoms with van der Waals surface area (Å²) in [5.41, 5.74) is 1.16. The number of oxime groups is 1. The summed E-state index contributed by atoms with van der Waals surface area (Å²) in [5, 5.41) is 6.33. The van der Waals surface area contributed by atoms with Crippen molar-refractivity contribution < 1.29 is 23.5 Å². The number of halogens is 2. The summed E-state index contributed by atoms with van der Waals surface area (Å²) >= 11 is 5.82. The summed E-state index contributed by atoms with van der Waals surface area (Å²) in [6.07, 6.45) is 1.11. The van der Waals surface area contributed by atoms with Crippen molar-refractivity contribution in [2.45, 2.75) is 12.8 Å². The van der Waals surface area contributed by atoms with E-state index in [1.165, 1.54) is 14.0 Å². The lowest BCUT2D eigenvalue weighted by molar-refractivity contribution is -0.117. The lowest BCUT2D eigenvalue weighted by Gasteiger charge is -2.13. The monoisotopic (exact) mass is 444 g/mol. The molecule has 0 aliphatic carbocycles. The van der Waals surface area contributed by atoms with E-state index in [9.17, 15) is 9.18 Å². The van der Waals surface area contributed by atoms with Gasteiger partial charge in [0.2, 0.25) is 11.7 Å². The highest BCUT2D eigenvalue weighted by atomic mass is 35.5. The molecule has 10 heteroatoms. The molecule has 0 atom stereocenters. The van der Waals surface area contributed by atoms with Crippen LogP contribution in [0.5, 0.6) is 23.3 Å². The van der Waals surface area contributed by atoms with Gasteiger partial charge >= 0.3 is 0 Å². The molecular formula is C21H18ClFN4O4. The molecule has 0 aliphatic rings. The minimum Gasteiger partial charge on any atom is -0.436 e. The summed E-state index contributed by atoms with van der Waals surface area (Å²) < 4.78 is 26.2. The average molecular weight is 445 g/mol. The number of amidine groups is 1. The molecule has 0 fully saturated rings. The highest BCUT2D eigenvalue weighted by Crippen LogP contribution is 2.31. The van der Waals surface area contributed by atoms with E-state index in [0.29, 0.717) is 11.3 Å². The van der Waals surface area contributed by atoms with Crippen LogP contribution in [0.25, 0.3) is 0 Å². The van der Waals surface area contributed by atoms with E-state index in [2.05, 4.69) is 20.4 Å². The molecule has 2 aromatic carbocycles. The molecule has 0 radical (unpaired) electrons. The molecule has 0 spiro atoms. The lowest BCUT2D eigenvalue weighted by Crippen LogP contribution is -2.29. The Morgan fingerprint density at radius 3 is 2.58 bits per heavy atom. The van der Waals surface area contributed by atoms with Gasteiger partial charge in [-0.2, -0.15) is 14.4 Å². The molecule has 8 nitrogen and oxygen atoms in total. The van der Waals surface area contributed by atoms with E-state index in [4.69, 9.17) is 25.9 Å². The van der Waals surface area contributed by atoms with Gasteiger partial charge in [0.05, 0.1) is 5.56 Å². The number of ether oxygens (including phenoxy) is 2. The fourth-order valence-electron chi connectivity index (χ4n) is 2.54. The summed E-state index contributed by atoms with van der Waals surface area (Å²) in [4.78, 5) is 24.0. The molecule has 3 rings (SSSR count). The number of rotatable bonds is 7. The Kier molecular flexibility index (Phi) is 7.34. The van der Waals surface area contributed by atoms with E-state index in [1.807, 2.05) is 6.07 Å². The number of nitrogens with zero attached hydrogens (tertiary/aromatic N) is 3. The van der Waals surface area contributed by atoms with Gasteiger partial charge in [-0.3, -0.25) is 4.79 Å². The van der Waals surface area contributed by atoms with Crippen molar-refractivity contribution in [3.8, 4) is 23.3 Å². The summed E-state index contributed by atoms with van der Waals surface area (Å²) in [5.74, 6) is -1.04. The van der Waals surface area contributed by atoms with Crippen molar-refractivity contribution in [1.82, 2.24) is 15.3 Å². The normalized spacial score (nSPS) is 11.0. The van der Waals surface area contributed by atoms with Gasteiger partial charge in [-0.1, -0.05) is 29.4 Å². The van der Waals surface area contributed by atoms with Crippen LogP contribution in [0.15, 0.2) is 60.0 Å². The van der Waals surface area contributed by atoms with Crippen LogP contribution >= 0.6 is 11.6 Å². The first-order valence-electron chi connectivity index (χ1n) is 9.01. The van der Waals surface area contributed by atoms with Crippen molar-refractivity contribution >= 4 is 23.3 Å². The Bertz CT molecular complexity index is 1110. The highest BCUT2D eigenvalue weighted by Gasteiger charge is 2.19. The molecule has 3 aromatic rings. The van der Waals surface area contributed by atoms with E-state index >= 15 is 0 Å². The first kappa shape index (κ1) is 22.0. The molecule has 0 saturated carbocycles. The van der Waals surface area contributed by atoms with Crippen LogP contribution in [-0.2, 0) is 15.5 Å². The van der Waals surface area contributed by atoms with E-state index in [-0.39, 0.29) is 35.1 Å². The second-order valence-corrected chi connectivity index (χ2v) is 6.35. The van der Waals surface area contributed by atoms with Crippen LogP contribution in [0.3, 0.4) is 0 Å². The zero-order valence-corrected chi connectivity index (χ0v) is 17.4. The molecule has 0 saturated heterocycles. The van der Waals surface area contributed by atoms with Crippen LogP contribution in [0.4, 0.5) is 4.39 Å². The zero-order valence-electron chi connectivity index (χ0n) is 16.6. The maximum atomic E-state index is 15.0. The van der Waals surface area contributed by atoms with Crippen molar-refractivity contribution in [2.24, 2.45) is 5.16 Å². The van der Waals surface area contributed by atoms with Crippen LogP contribution in [0.1, 0.15) is 18.1 Å². The molecule has 1 amide bonds. The number of hydrogen-bond acceptors (Lipinski definition) is 7. The molecule has 0 unspecified atom stereocenters. The number of hydrogen-bond donors (Lipinski definition) is 1. The smallest absolute Gasteiger partial charge is 0.263 e. The summed E-state index contributed by atoms with van der Waals surface area (Å²) in [6.45, 7) is 1.32. The minimum absolute atomic E-state index is 0.0921. The quantitative estimate of drug-likeness (QED) is 0.251. The van der Waals surface area contributed by atoms with Crippen LogP contribution in [-0.4, -0.2) is 28.8 Å². The molecule has 0 bridgehead atoms. The molecule has 1 N–H and O–H groups in total. The van der Waals surface area contributed by atoms with E-state index in [0.717, 1.165) is 11.9 Å². The van der Waals surface area contributed by atoms with Gasteiger partial charge in [-0.15, -0.1) is 11.6 Å². The Balaban J connectivity index is 1.91. The number of para-hydroxylation sites is 1. The van der Waals surface area contributed by atoms with Gasteiger partial charge in [-0.25, -0.2) is 0 Å². The fraction of sp³-hybridized carbons (Fsp3) is 0.143. The Morgan fingerprint density at radius 2 is 1.87 bits per heavy atom. The molecular weight excluding hydrogens is 427 g/mol. The number of carbonyl (C=O) groups is 1. The molecule has 31 heavy (non-hydrogen) atoms. The van der Waals surface area contributed by atoms with E-state index in [1.54, 1.807) is 42.5 Å². The third kappa shape index (κ3) is 5.67. The summed E-state index contributed by atoms with van der Waals surface area (Å²) in [6, 6.07) is 13.4. The molecule has 1 heterocycles. The number of aromatic nitrogens is 2. The maximum absolute atomic E-state index is 15.0. The molecule has 1 aromatic heterocycles. The van der Waals surface area contributed by atoms with E-state index < -0.39 is 5.82 Å². The predicted molar refractivity (Wildman–Crippen MR) is 112 cm³/mol. The summed E-state index contributed by atoms with van der Waals surface area (Å²) in [7, 11) is 1.33. The Labute approximate surface area is 182 Å². The second kappa shape index (κ2) is 10.4. The van der Waals surface area contributed by atoms with Crippen molar-refractivity contribution in [3.63, 3.8) is 0 Å². The van der Waals surface area contributed by atoms with Crippen molar-refractivity contribution in [2.75, 3.05) is 7.11 Å². The first-order valence-corrected chi connectivity index (χ1v) is 9.54. The predicted octanol–water partition coefficient (Wildman–Crippen LogP) is 4.38. The van der Waals surface area contributed by atoms with Gasteiger partial charge in [0.25, 0.3) is 11.8 Å². The lowest BCUT2D eigenvalue weighted by atomic mass is 10.2. The Morgan fingerprint density at radius 1 is 1.13 bits per heavy atom. The number of amides is 1. The number of nitrogens with one attached hydrogen (secondary N) is 1. The van der Waals surface area contributed by atoms with Crippen LogP contribution in [0.2, 0.25) is 0 Å². The fourth-order valence-corrected chi connectivity index (χ4v) is 2.70. The van der Waals surface area contributed by atoms with Gasteiger partial charge < -0.3 is 19.6 Å². The molecule has 0 aliphatic heterocycles. The highest BCUT2D eigenvalue weighted by molar-refractivity contribution is 6.17. The standard InChI is InChI=1S/C21H18ClFN4O4/c1-13(28)26-19(27-29-2)16-8-3-4-9-17(16)31-21-18(23)20(24-12-25-21)30-15-7-5-6-14(10-15)11-22/h3-10,12H,11H2,1-2H3,(H,26,27,28). The number of benzene rings is 2. The first-order chi connectivity index (χ1) is 15.0. The van der Waals surface area contributed by atoms with Gasteiger partial charge in [0, 0.05) is 12.8 Å². The second-order valence-electron chi connectivity index (χ2n) is 6.08. The van der Waals surface area contributed by atoms with Gasteiger partial charge in [-0.05, 0) is 29.8 Å². The zero-order chi connectivity index (χ0) is 22.2. The van der Waals surface area contributed by atoms with Gasteiger partial charge in [0.1, 0.15) is 24.9 Å².